The van der Waals surface area contributed by atoms with E-state index in [1.807, 2.05) is 13.0 Å². The zero-order valence-corrected chi connectivity index (χ0v) is 15.4. The van der Waals surface area contributed by atoms with Crippen LogP contribution in [0.5, 0.6) is 11.5 Å². The maximum absolute atomic E-state index is 12.0. The van der Waals surface area contributed by atoms with E-state index in [0.29, 0.717) is 22.2 Å². The first-order valence-corrected chi connectivity index (χ1v) is 8.66. The molecule has 0 aliphatic carbocycles. The molecule has 0 saturated heterocycles. The number of hydrogen-bond acceptors (Lipinski definition) is 5. The number of halogens is 1. The van der Waals surface area contributed by atoms with Crippen LogP contribution in [-0.4, -0.2) is 24.8 Å². The lowest BCUT2D eigenvalue weighted by molar-refractivity contribution is -0.124. The summed E-state index contributed by atoms with van der Waals surface area (Å²) in [6.45, 7) is 2.06. The highest BCUT2D eigenvalue weighted by Gasteiger charge is 2.12. The molecule has 1 aliphatic heterocycles. The number of anilines is 1. The molecule has 2 aromatic carbocycles. The molecule has 0 unspecified atom stereocenters. The van der Waals surface area contributed by atoms with Crippen molar-refractivity contribution in [2.75, 3.05) is 12.1 Å². The molecule has 7 nitrogen and oxygen atoms in total. The molecule has 3 rings (SSSR count). The molecule has 140 valence electrons. The number of nitrogens with one attached hydrogen (secondary N) is 2. The van der Waals surface area contributed by atoms with Crippen molar-refractivity contribution in [1.29, 1.82) is 0 Å². The normalized spacial score (nSPS) is 12.2. The van der Waals surface area contributed by atoms with Crippen molar-refractivity contribution >= 4 is 35.3 Å². The number of ether oxygens (including phenoxy) is 2. The van der Waals surface area contributed by atoms with Crippen molar-refractivity contribution in [3.05, 3.63) is 52.5 Å². The van der Waals surface area contributed by atoms with E-state index < -0.39 is 0 Å². The van der Waals surface area contributed by atoms with Crippen LogP contribution in [0.15, 0.2) is 41.5 Å². The van der Waals surface area contributed by atoms with Crippen molar-refractivity contribution in [3.63, 3.8) is 0 Å². The number of carbonyl (C=O) groups is 2. The predicted octanol–water partition coefficient (Wildman–Crippen LogP) is 3.25. The van der Waals surface area contributed by atoms with Gasteiger partial charge >= 0.3 is 0 Å². The van der Waals surface area contributed by atoms with E-state index in [4.69, 9.17) is 21.1 Å². The summed E-state index contributed by atoms with van der Waals surface area (Å²) in [6, 6.07) is 10.6. The Labute approximate surface area is 161 Å². The van der Waals surface area contributed by atoms with E-state index in [1.54, 1.807) is 30.3 Å². The minimum atomic E-state index is -0.357. The summed E-state index contributed by atoms with van der Waals surface area (Å²) in [5.74, 6) is 0.690. The molecule has 1 heterocycles. The van der Waals surface area contributed by atoms with Gasteiger partial charge in [-0.3, -0.25) is 9.59 Å². The van der Waals surface area contributed by atoms with Gasteiger partial charge in [0.2, 0.25) is 18.6 Å². The van der Waals surface area contributed by atoms with Gasteiger partial charge in [0.05, 0.1) is 6.21 Å². The first-order valence-electron chi connectivity index (χ1n) is 8.29. The molecule has 2 amide bonds. The maximum atomic E-state index is 12.0. The fourth-order valence-corrected chi connectivity index (χ4v) is 2.57. The van der Waals surface area contributed by atoms with E-state index in [-0.39, 0.29) is 31.4 Å². The number of hydrogen-bond donors (Lipinski definition) is 2. The fraction of sp³-hybridized carbons (Fsp3) is 0.211. The van der Waals surface area contributed by atoms with Crippen LogP contribution < -0.4 is 20.2 Å². The standard InChI is InChI=1S/C19H18ClN3O4/c1-12-2-4-14(20)9-15(12)22-18(24)6-7-19(25)23-21-10-13-3-5-16-17(8-13)27-11-26-16/h2-5,8-10H,6-7,11H2,1H3,(H,22,24)(H,23,25)/b21-10+. The van der Waals surface area contributed by atoms with Crippen LogP contribution in [0.4, 0.5) is 5.69 Å². The second kappa shape index (κ2) is 8.55. The summed E-state index contributed by atoms with van der Waals surface area (Å²) in [5, 5.41) is 7.16. The minimum Gasteiger partial charge on any atom is -0.454 e. The van der Waals surface area contributed by atoms with E-state index in [2.05, 4.69) is 15.8 Å². The third-order valence-electron chi connectivity index (χ3n) is 3.85. The third kappa shape index (κ3) is 5.21. The van der Waals surface area contributed by atoms with Gasteiger partial charge in [-0.05, 0) is 48.4 Å². The Balaban J connectivity index is 1.44. The summed E-state index contributed by atoms with van der Waals surface area (Å²) in [4.78, 5) is 23.8. The first-order chi connectivity index (χ1) is 13.0. The Morgan fingerprint density at radius 2 is 1.89 bits per heavy atom. The molecule has 2 N–H and O–H groups in total. The van der Waals surface area contributed by atoms with Crippen LogP contribution >= 0.6 is 11.6 Å². The molecule has 0 saturated carbocycles. The summed E-state index contributed by atoms with van der Waals surface area (Å²) < 4.78 is 10.5. The monoisotopic (exact) mass is 387 g/mol. The molecule has 0 atom stereocenters. The molecule has 1 aliphatic rings. The average molecular weight is 388 g/mol. The largest absolute Gasteiger partial charge is 0.454 e. The number of aryl methyl sites for hydroxylation is 1. The molecule has 0 fully saturated rings. The number of benzene rings is 2. The number of fused-ring (bicyclic) bond motifs is 1. The number of carbonyl (C=O) groups excluding carboxylic acids is 2. The van der Waals surface area contributed by atoms with Gasteiger partial charge in [-0.15, -0.1) is 0 Å². The van der Waals surface area contributed by atoms with E-state index in [0.717, 1.165) is 11.1 Å². The van der Waals surface area contributed by atoms with E-state index in [9.17, 15) is 9.59 Å². The molecule has 8 heteroatoms. The first kappa shape index (κ1) is 18.7. The highest BCUT2D eigenvalue weighted by Crippen LogP contribution is 2.31. The van der Waals surface area contributed by atoms with E-state index in [1.165, 1.54) is 6.21 Å². The van der Waals surface area contributed by atoms with Crippen LogP contribution in [0.1, 0.15) is 24.0 Å². The summed E-state index contributed by atoms with van der Waals surface area (Å²) in [7, 11) is 0. The molecular weight excluding hydrogens is 370 g/mol. The van der Waals surface area contributed by atoms with Gasteiger partial charge in [0, 0.05) is 23.6 Å². The SMILES string of the molecule is Cc1ccc(Cl)cc1NC(=O)CCC(=O)N/N=C/c1ccc2c(c1)OCO2. The minimum absolute atomic E-state index is 0.0178. The molecular formula is C19H18ClN3O4. The van der Waals surface area contributed by atoms with Crippen molar-refractivity contribution in [1.82, 2.24) is 5.43 Å². The lowest BCUT2D eigenvalue weighted by Gasteiger charge is -2.08. The van der Waals surface area contributed by atoms with Crippen LogP contribution in [0, 0.1) is 6.92 Å². The average Bonchev–Trinajstić information content (AvgIpc) is 3.11. The highest BCUT2D eigenvalue weighted by atomic mass is 35.5. The zero-order chi connectivity index (χ0) is 19.2. The van der Waals surface area contributed by atoms with Crippen molar-refractivity contribution in [2.24, 2.45) is 5.10 Å². The van der Waals surface area contributed by atoms with Crippen LogP contribution in [-0.2, 0) is 9.59 Å². The van der Waals surface area contributed by atoms with Gasteiger partial charge in [0.15, 0.2) is 11.5 Å². The van der Waals surface area contributed by atoms with Gasteiger partial charge in [-0.1, -0.05) is 17.7 Å². The molecule has 0 spiro atoms. The van der Waals surface area contributed by atoms with Gasteiger partial charge in [0.25, 0.3) is 0 Å². The quantitative estimate of drug-likeness (QED) is 0.588. The van der Waals surface area contributed by atoms with Crippen molar-refractivity contribution in [2.45, 2.75) is 19.8 Å². The number of nitrogens with zero attached hydrogens (tertiary/aromatic N) is 1. The van der Waals surface area contributed by atoms with Crippen LogP contribution in [0.25, 0.3) is 0 Å². The predicted molar refractivity (Wildman–Crippen MR) is 102 cm³/mol. The Kier molecular flexibility index (Phi) is 5.93. The lowest BCUT2D eigenvalue weighted by atomic mass is 10.2. The summed E-state index contributed by atoms with van der Waals surface area (Å²) in [5.41, 5.74) is 4.68. The second-order valence-corrected chi connectivity index (χ2v) is 6.35. The topological polar surface area (TPSA) is 89.0 Å². The molecule has 2 aromatic rings. The highest BCUT2D eigenvalue weighted by molar-refractivity contribution is 6.31. The Morgan fingerprint density at radius 1 is 1.11 bits per heavy atom. The molecule has 0 bridgehead atoms. The fourth-order valence-electron chi connectivity index (χ4n) is 2.40. The Bertz CT molecular complexity index is 899. The second-order valence-electron chi connectivity index (χ2n) is 5.91. The summed E-state index contributed by atoms with van der Waals surface area (Å²) >= 11 is 5.92. The zero-order valence-electron chi connectivity index (χ0n) is 14.6. The molecule has 0 radical (unpaired) electrons. The van der Waals surface area contributed by atoms with Crippen molar-refractivity contribution in [3.8, 4) is 11.5 Å². The summed E-state index contributed by atoms with van der Waals surface area (Å²) in [6.07, 6.45) is 1.55. The van der Waals surface area contributed by atoms with Gasteiger partial charge in [-0.25, -0.2) is 5.43 Å². The van der Waals surface area contributed by atoms with Gasteiger partial charge < -0.3 is 14.8 Å². The maximum Gasteiger partial charge on any atom is 0.240 e. The number of amides is 2. The van der Waals surface area contributed by atoms with Crippen LogP contribution in [0.3, 0.4) is 0 Å². The van der Waals surface area contributed by atoms with Gasteiger partial charge in [0.1, 0.15) is 0 Å². The smallest absolute Gasteiger partial charge is 0.240 e. The lowest BCUT2D eigenvalue weighted by Crippen LogP contribution is -2.20. The molecule has 27 heavy (non-hydrogen) atoms. The third-order valence-corrected chi connectivity index (χ3v) is 4.09. The van der Waals surface area contributed by atoms with Crippen LogP contribution in [0.2, 0.25) is 5.02 Å². The number of hydrazone groups is 1. The van der Waals surface area contributed by atoms with E-state index >= 15 is 0 Å². The Hall–Kier alpha value is -3.06. The van der Waals surface area contributed by atoms with Crippen molar-refractivity contribution < 1.29 is 19.1 Å². The van der Waals surface area contributed by atoms with Gasteiger partial charge in [-0.2, -0.15) is 5.10 Å². The Morgan fingerprint density at radius 3 is 2.74 bits per heavy atom. The molecule has 0 aromatic heterocycles. The number of rotatable bonds is 6.